The van der Waals surface area contributed by atoms with Crippen LogP contribution < -0.4 is 20.3 Å². The molecule has 3 aromatic rings. The quantitative estimate of drug-likeness (QED) is 0.452. The number of piperazine rings is 1. The van der Waals surface area contributed by atoms with E-state index in [-0.39, 0.29) is 11.9 Å². The Balaban J connectivity index is 1.25. The highest BCUT2D eigenvalue weighted by atomic mass is 16.5. The predicted octanol–water partition coefficient (Wildman–Crippen LogP) is 3.48. The number of hydrogen-bond acceptors (Lipinski definition) is 5. The number of carbonyl (C=O) groups excluding carboxylic acids is 2. The number of pyridine rings is 1. The average Bonchev–Trinajstić information content (AvgIpc) is 2.95. The summed E-state index contributed by atoms with van der Waals surface area (Å²) in [6, 6.07) is 21.4. The molecule has 1 fully saturated rings. The molecule has 1 aromatic heterocycles. The molecule has 3 amide bonds. The second kappa shape index (κ2) is 12.6. The Morgan fingerprint density at radius 3 is 2.36 bits per heavy atom. The van der Waals surface area contributed by atoms with E-state index in [1.807, 2.05) is 47.4 Å². The summed E-state index contributed by atoms with van der Waals surface area (Å²) < 4.78 is 5.18. The van der Waals surface area contributed by atoms with Gasteiger partial charge in [-0.3, -0.25) is 4.79 Å². The van der Waals surface area contributed by atoms with Crippen LogP contribution in [-0.2, 0) is 13.0 Å². The third-order valence-electron chi connectivity index (χ3n) is 6.27. The maximum Gasteiger partial charge on any atom is 0.317 e. The molecule has 0 radical (unpaired) electrons. The lowest BCUT2D eigenvalue weighted by Crippen LogP contribution is -2.52. The summed E-state index contributed by atoms with van der Waals surface area (Å²) in [4.78, 5) is 33.9. The van der Waals surface area contributed by atoms with Crippen molar-refractivity contribution in [3.63, 3.8) is 0 Å². The van der Waals surface area contributed by atoms with Gasteiger partial charge in [0.1, 0.15) is 11.6 Å². The first kappa shape index (κ1) is 25.0. The lowest BCUT2D eigenvalue weighted by molar-refractivity contribution is 0.0950. The first-order valence-corrected chi connectivity index (χ1v) is 12.3. The van der Waals surface area contributed by atoms with E-state index in [9.17, 15) is 9.59 Å². The maximum atomic E-state index is 12.9. The minimum absolute atomic E-state index is 0.0406. The highest BCUT2D eigenvalue weighted by molar-refractivity contribution is 5.98. The summed E-state index contributed by atoms with van der Waals surface area (Å²) in [5, 5.41) is 6.01. The molecular weight excluding hydrogens is 454 g/mol. The Labute approximate surface area is 212 Å². The molecule has 0 saturated carbocycles. The molecule has 1 aliphatic heterocycles. The first-order chi connectivity index (χ1) is 17.6. The number of benzene rings is 2. The van der Waals surface area contributed by atoms with E-state index in [1.165, 1.54) is 5.56 Å². The lowest BCUT2D eigenvalue weighted by atomic mass is 10.1. The van der Waals surface area contributed by atoms with Crippen LogP contribution in [0.4, 0.5) is 10.6 Å². The van der Waals surface area contributed by atoms with Crippen LogP contribution in [0, 0.1) is 0 Å². The van der Waals surface area contributed by atoms with Crippen LogP contribution in [0.2, 0.25) is 0 Å². The number of aromatic nitrogens is 1. The van der Waals surface area contributed by atoms with Crippen LogP contribution in [0.25, 0.3) is 0 Å². The monoisotopic (exact) mass is 487 g/mol. The van der Waals surface area contributed by atoms with Crippen molar-refractivity contribution in [2.24, 2.45) is 0 Å². The molecule has 8 heteroatoms. The van der Waals surface area contributed by atoms with Crippen molar-refractivity contribution < 1.29 is 14.3 Å². The molecule has 0 unspecified atom stereocenters. The highest BCUT2D eigenvalue weighted by Crippen LogP contribution is 2.19. The minimum Gasteiger partial charge on any atom is -0.497 e. The molecule has 1 saturated heterocycles. The number of rotatable bonds is 9. The topological polar surface area (TPSA) is 86.8 Å². The Bertz CT molecular complexity index is 1130. The van der Waals surface area contributed by atoms with Crippen molar-refractivity contribution in [1.82, 2.24) is 20.5 Å². The van der Waals surface area contributed by atoms with Crippen LogP contribution in [0.1, 0.15) is 27.9 Å². The van der Waals surface area contributed by atoms with Crippen LogP contribution in [0.3, 0.4) is 0 Å². The Kier molecular flexibility index (Phi) is 8.75. The molecular formula is C28H33N5O3. The standard InChI is InChI=1S/C28H33N5O3/c1-36-24-13-11-23(12-14-24)21-31-27(34)25-10-6-15-29-26(25)32-17-19-33(20-18-32)28(35)30-16-5-9-22-7-3-2-4-8-22/h2-4,6-8,10-15H,5,9,16-21H2,1H3,(H,30,35)(H,31,34). The number of nitrogens with one attached hydrogen (secondary N) is 2. The van der Waals surface area contributed by atoms with Crippen molar-refractivity contribution in [3.8, 4) is 5.75 Å². The zero-order chi connectivity index (χ0) is 25.2. The molecule has 0 atom stereocenters. The van der Waals surface area contributed by atoms with Crippen LogP contribution in [0.5, 0.6) is 5.75 Å². The average molecular weight is 488 g/mol. The van der Waals surface area contributed by atoms with Gasteiger partial charge in [-0.2, -0.15) is 0 Å². The summed E-state index contributed by atoms with van der Waals surface area (Å²) in [6.45, 7) is 3.45. The van der Waals surface area contributed by atoms with Gasteiger partial charge in [-0.15, -0.1) is 0 Å². The summed E-state index contributed by atoms with van der Waals surface area (Å²) >= 11 is 0. The Hall–Kier alpha value is -4.07. The third kappa shape index (κ3) is 6.75. The summed E-state index contributed by atoms with van der Waals surface area (Å²) in [5.41, 5.74) is 2.79. The van der Waals surface area contributed by atoms with Crippen LogP contribution >= 0.6 is 0 Å². The number of nitrogens with zero attached hydrogens (tertiary/aromatic N) is 3. The van der Waals surface area contributed by atoms with Gasteiger partial charge in [-0.1, -0.05) is 42.5 Å². The van der Waals surface area contributed by atoms with Gasteiger partial charge in [0.2, 0.25) is 0 Å². The van der Waals surface area contributed by atoms with Crippen molar-refractivity contribution in [2.75, 3.05) is 44.7 Å². The van der Waals surface area contributed by atoms with Crippen molar-refractivity contribution in [3.05, 3.63) is 89.6 Å². The number of anilines is 1. The molecule has 36 heavy (non-hydrogen) atoms. The molecule has 8 nitrogen and oxygen atoms in total. The fourth-order valence-electron chi connectivity index (χ4n) is 4.21. The van der Waals surface area contributed by atoms with Crippen molar-refractivity contribution in [2.45, 2.75) is 19.4 Å². The molecule has 2 N–H and O–H groups in total. The molecule has 1 aliphatic rings. The van der Waals surface area contributed by atoms with Gasteiger partial charge in [0, 0.05) is 45.5 Å². The molecule has 0 bridgehead atoms. The van der Waals surface area contributed by atoms with E-state index in [2.05, 4.69) is 32.7 Å². The van der Waals surface area contributed by atoms with E-state index in [4.69, 9.17) is 4.74 Å². The van der Waals surface area contributed by atoms with Gasteiger partial charge in [-0.25, -0.2) is 9.78 Å². The Morgan fingerprint density at radius 1 is 0.889 bits per heavy atom. The lowest BCUT2D eigenvalue weighted by Gasteiger charge is -2.36. The highest BCUT2D eigenvalue weighted by Gasteiger charge is 2.24. The summed E-state index contributed by atoms with van der Waals surface area (Å²) in [6.07, 6.45) is 3.54. The van der Waals surface area contributed by atoms with E-state index in [0.717, 1.165) is 24.2 Å². The second-order valence-corrected chi connectivity index (χ2v) is 8.70. The molecule has 0 spiro atoms. The van der Waals surface area contributed by atoms with Crippen LogP contribution in [-0.4, -0.2) is 61.7 Å². The maximum absolute atomic E-state index is 12.9. The first-order valence-electron chi connectivity index (χ1n) is 12.3. The second-order valence-electron chi connectivity index (χ2n) is 8.70. The van der Waals surface area contributed by atoms with Crippen molar-refractivity contribution >= 4 is 17.8 Å². The molecule has 2 aromatic carbocycles. The number of methoxy groups -OCH3 is 1. The smallest absolute Gasteiger partial charge is 0.317 e. The fraction of sp³-hybridized carbons (Fsp3) is 0.321. The molecule has 188 valence electrons. The van der Waals surface area contributed by atoms with Crippen molar-refractivity contribution in [1.29, 1.82) is 0 Å². The molecule has 2 heterocycles. The number of aryl methyl sites for hydroxylation is 1. The summed E-state index contributed by atoms with van der Waals surface area (Å²) in [5.74, 6) is 1.25. The summed E-state index contributed by atoms with van der Waals surface area (Å²) in [7, 11) is 1.63. The largest absolute Gasteiger partial charge is 0.497 e. The van der Waals surface area contributed by atoms with Gasteiger partial charge >= 0.3 is 6.03 Å². The van der Waals surface area contributed by atoms with Gasteiger partial charge in [0.25, 0.3) is 5.91 Å². The van der Waals surface area contributed by atoms with E-state index in [1.54, 1.807) is 25.4 Å². The van der Waals surface area contributed by atoms with E-state index in [0.29, 0.717) is 50.6 Å². The van der Waals surface area contributed by atoms with Gasteiger partial charge in [0.05, 0.1) is 12.7 Å². The van der Waals surface area contributed by atoms with E-state index >= 15 is 0 Å². The normalized spacial score (nSPS) is 13.2. The predicted molar refractivity (Wildman–Crippen MR) is 140 cm³/mol. The Morgan fingerprint density at radius 2 is 1.64 bits per heavy atom. The van der Waals surface area contributed by atoms with Gasteiger partial charge in [0.15, 0.2) is 0 Å². The van der Waals surface area contributed by atoms with Gasteiger partial charge < -0.3 is 25.2 Å². The third-order valence-corrected chi connectivity index (χ3v) is 6.27. The zero-order valence-electron chi connectivity index (χ0n) is 20.7. The van der Waals surface area contributed by atoms with E-state index < -0.39 is 0 Å². The molecule has 4 rings (SSSR count). The SMILES string of the molecule is COc1ccc(CNC(=O)c2cccnc2N2CCN(C(=O)NCCCc3ccccc3)CC2)cc1. The van der Waals surface area contributed by atoms with Gasteiger partial charge in [-0.05, 0) is 48.2 Å². The zero-order valence-corrected chi connectivity index (χ0v) is 20.7. The minimum atomic E-state index is -0.174. The number of ether oxygens (including phenoxy) is 1. The number of carbonyl (C=O) groups is 2. The fourth-order valence-corrected chi connectivity index (χ4v) is 4.21. The number of amides is 3. The number of hydrogen-bond donors (Lipinski definition) is 2. The molecule has 0 aliphatic carbocycles. The van der Waals surface area contributed by atoms with Crippen LogP contribution in [0.15, 0.2) is 72.9 Å². The number of urea groups is 1.